The number of hydrogen-bond donors (Lipinski definition) is 1. The highest BCUT2D eigenvalue weighted by Crippen LogP contribution is 2.32. The van der Waals surface area contributed by atoms with Crippen molar-refractivity contribution < 1.29 is 9.53 Å². The molecule has 6 heteroatoms. The number of benzene rings is 2. The molecule has 1 aliphatic heterocycles. The van der Waals surface area contributed by atoms with E-state index in [1.54, 1.807) is 30.3 Å². The molecule has 2 aromatic rings. The molecule has 3 nitrogen and oxygen atoms in total. The second-order valence-electron chi connectivity index (χ2n) is 5.07. The monoisotopic (exact) mass is 367 g/mol. The third kappa shape index (κ3) is 3.81. The van der Waals surface area contributed by atoms with Gasteiger partial charge in [0.05, 0.1) is 16.1 Å². The summed E-state index contributed by atoms with van der Waals surface area (Å²) in [6.07, 6.45) is 2.68. The van der Waals surface area contributed by atoms with Crippen LogP contribution >= 0.6 is 34.8 Å². The van der Waals surface area contributed by atoms with Gasteiger partial charge in [0, 0.05) is 16.8 Å². The maximum Gasteiger partial charge on any atom is 0.331 e. The third-order valence-corrected chi connectivity index (χ3v) is 4.43. The number of hydrogen-bond acceptors (Lipinski definition) is 3. The van der Waals surface area contributed by atoms with Crippen LogP contribution in [0.5, 0.6) is 0 Å². The van der Waals surface area contributed by atoms with Crippen LogP contribution in [-0.4, -0.2) is 12.1 Å². The molecule has 1 heterocycles. The maximum atomic E-state index is 11.4. The van der Waals surface area contributed by atoms with E-state index in [2.05, 4.69) is 5.32 Å². The zero-order valence-electron chi connectivity index (χ0n) is 11.8. The quantitative estimate of drug-likeness (QED) is 0.746. The van der Waals surface area contributed by atoms with Crippen LogP contribution in [0.1, 0.15) is 11.6 Å². The first kappa shape index (κ1) is 16.2. The summed E-state index contributed by atoms with van der Waals surface area (Å²) in [4.78, 5) is 11.4. The SMILES string of the molecule is O=C1C=C[C@@H]([C@H](Nc2cccc(Cl)c2)c2ccc(Cl)c(Cl)c2)O1. The van der Waals surface area contributed by atoms with Crippen LogP contribution in [0.4, 0.5) is 5.69 Å². The van der Waals surface area contributed by atoms with E-state index in [0.29, 0.717) is 15.1 Å². The summed E-state index contributed by atoms with van der Waals surface area (Å²) >= 11 is 18.1. The van der Waals surface area contributed by atoms with Gasteiger partial charge in [-0.3, -0.25) is 0 Å². The Morgan fingerprint density at radius 1 is 1.04 bits per heavy atom. The van der Waals surface area contributed by atoms with Gasteiger partial charge in [0.1, 0.15) is 6.10 Å². The number of carbonyl (C=O) groups is 1. The summed E-state index contributed by atoms with van der Waals surface area (Å²) in [5.41, 5.74) is 1.66. The van der Waals surface area contributed by atoms with Gasteiger partial charge in [-0.2, -0.15) is 0 Å². The van der Waals surface area contributed by atoms with E-state index in [1.807, 2.05) is 18.2 Å². The standard InChI is InChI=1S/C17H12Cl3NO2/c18-11-2-1-3-12(9-11)21-17(15-6-7-16(22)23-15)10-4-5-13(19)14(20)8-10/h1-9,15,17,21H/t15-,17+/m0/s1. The van der Waals surface area contributed by atoms with Crippen molar-refractivity contribution in [3.63, 3.8) is 0 Å². The Bertz CT molecular complexity index is 776. The van der Waals surface area contributed by atoms with Crippen molar-refractivity contribution in [2.24, 2.45) is 0 Å². The molecule has 2 atom stereocenters. The van der Waals surface area contributed by atoms with Crippen LogP contribution in [0.3, 0.4) is 0 Å². The van der Waals surface area contributed by atoms with Crippen LogP contribution in [0.2, 0.25) is 15.1 Å². The number of halogens is 3. The average molecular weight is 369 g/mol. The summed E-state index contributed by atoms with van der Waals surface area (Å²) in [6, 6.07) is 12.3. The van der Waals surface area contributed by atoms with Crippen LogP contribution in [0, 0.1) is 0 Å². The molecule has 0 amide bonds. The van der Waals surface area contributed by atoms with Crippen molar-refractivity contribution in [3.05, 3.63) is 75.2 Å². The molecule has 2 aromatic carbocycles. The molecule has 0 aliphatic carbocycles. The summed E-state index contributed by atoms with van der Waals surface area (Å²) in [5.74, 6) is -0.368. The van der Waals surface area contributed by atoms with Gasteiger partial charge in [0.25, 0.3) is 0 Å². The first-order valence-electron chi connectivity index (χ1n) is 6.89. The molecule has 0 saturated heterocycles. The zero-order valence-corrected chi connectivity index (χ0v) is 14.1. The highest BCUT2D eigenvalue weighted by Gasteiger charge is 2.28. The lowest BCUT2D eigenvalue weighted by Gasteiger charge is -2.25. The molecule has 0 radical (unpaired) electrons. The van der Waals surface area contributed by atoms with Crippen molar-refractivity contribution in [1.82, 2.24) is 0 Å². The topological polar surface area (TPSA) is 38.3 Å². The Kier molecular flexibility index (Phi) is 4.81. The predicted molar refractivity (Wildman–Crippen MR) is 93.3 cm³/mol. The van der Waals surface area contributed by atoms with Gasteiger partial charge in [0.2, 0.25) is 0 Å². The number of esters is 1. The number of nitrogens with one attached hydrogen (secondary N) is 1. The molecule has 118 valence electrons. The van der Waals surface area contributed by atoms with E-state index in [1.165, 1.54) is 6.08 Å². The lowest BCUT2D eigenvalue weighted by Crippen LogP contribution is -2.25. The normalized spacial score (nSPS) is 17.9. The lowest BCUT2D eigenvalue weighted by atomic mass is 10.0. The Labute approximate surface area is 148 Å². The smallest absolute Gasteiger partial charge is 0.331 e. The molecular weight excluding hydrogens is 357 g/mol. The highest BCUT2D eigenvalue weighted by molar-refractivity contribution is 6.42. The number of cyclic esters (lactones) is 1. The molecule has 23 heavy (non-hydrogen) atoms. The first-order chi connectivity index (χ1) is 11.0. The van der Waals surface area contributed by atoms with Crippen molar-refractivity contribution in [2.45, 2.75) is 12.1 Å². The van der Waals surface area contributed by atoms with Crippen LogP contribution in [0.25, 0.3) is 0 Å². The third-order valence-electron chi connectivity index (χ3n) is 3.45. The first-order valence-corrected chi connectivity index (χ1v) is 8.02. The Morgan fingerprint density at radius 2 is 1.87 bits per heavy atom. The molecule has 1 N–H and O–H groups in total. The number of ether oxygens (including phenoxy) is 1. The van der Waals surface area contributed by atoms with Crippen molar-refractivity contribution >= 4 is 46.5 Å². The van der Waals surface area contributed by atoms with Gasteiger partial charge in [-0.15, -0.1) is 0 Å². The minimum atomic E-state index is -0.446. The van der Waals surface area contributed by atoms with E-state index in [-0.39, 0.29) is 12.0 Å². The lowest BCUT2D eigenvalue weighted by molar-refractivity contribution is -0.139. The van der Waals surface area contributed by atoms with Gasteiger partial charge in [-0.1, -0.05) is 46.9 Å². The highest BCUT2D eigenvalue weighted by atomic mass is 35.5. The van der Waals surface area contributed by atoms with E-state index in [4.69, 9.17) is 39.5 Å². The largest absolute Gasteiger partial charge is 0.452 e. The van der Waals surface area contributed by atoms with Gasteiger partial charge in [-0.25, -0.2) is 4.79 Å². The van der Waals surface area contributed by atoms with Gasteiger partial charge < -0.3 is 10.1 Å². The van der Waals surface area contributed by atoms with Crippen LogP contribution in [0.15, 0.2) is 54.6 Å². The Hall–Kier alpha value is -1.68. The van der Waals surface area contributed by atoms with Crippen LogP contribution in [-0.2, 0) is 9.53 Å². The number of rotatable bonds is 4. The molecular formula is C17H12Cl3NO2. The van der Waals surface area contributed by atoms with Crippen LogP contribution < -0.4 is 5.32 Å². The molecule has 0 spiro atoms. The van der Waals surface area contributed by atoms with E-state index >= 15 is 0 Å². The van der Waals surface area contributed by atoms with Gasteiger partial charge in [-0.05, 0) is 42.0 Å². The molecule has 0 saturated carbocycles. The molecule has 0 fully saturated rings. The van der Waals surface area contributed by atoms with E-state index in [9.17, 15) is 4.79 Å². The van der Waals surface area contributed by atoms with Gasteiger partial charge >= 0.3 is 5.97 Å². The summed E-state index contributed by atoms with van der Waals surface area (Å²) in [7, 11) is 0. The fraction of sp³-hybridized carbons (Fsp3) is 0.118. The minimum Gasteiger partial charge on any atom is -0.452 e. The molecule has 0 aromatic heterocycles. The molecule has 1 aliphatic rings. The summed E-state index contributed by atoms with van der Waals surface area (Å²) in [6.45, 7) is 0. The van der Waals surface area contributed by atoms with E-state index < -0.39 is 6.10 Å². The van der Waals surface area contributed by atoms with Crippen molar-refractivity contribution in [2.75, 3.05) is 5.32 Å². The molecule has 0 bridgehead atoms. The summed E-state index contributed by atoms with van der Waals surface area (Å²) < 4.78 is 5.33. The number of carbonyl (C=O) groups excluding carboxylic acids is 1. The van der Waals surface area contributed by atoms with Gasteiger partial charge in [0.15, 0.2) is 0 Å². The van der Waals surface area contributed by atoms with Crippen molar-refractivity contribution in [3.8, 4) is 0 Å². The average Bonchev–Trinajstić information content (AvgIpc) is 2.94. The minimum absolute atomic E-state index is 0.314. The second kappa shape index (κ2) is 6.83. The Balaban J connectivity index is 1.94. The fourth-order valence-corrected chi connectivity index (χ4v) is 2.88. The predicted octanol–water partition coefficient (Wildman–Crippen LogP) is 5.28. The number of anilines is 1. The Morgan fingerprint density at radius 3 is 2.52 bits per heavy atom. The molecule has 3 rings (SSSR count). The maximum absolute atomic E-state index is 11.4. The van der Waals surface area contributed by atoms with Crippen molar-refractivity contribution in [1.29, 1.82) is 0 Å². The van der Waals surface area contributed by atoms with E-state index in [0.717, 1.165) is 11.3 Å². The zero-order chi connectivity index (χ0) is 16.4. The molecule has 0 unspecified atom stereocenters. The fourth-order valence-electron chi connectivity index (χ4n) is 2.38. The summed E-state index contributed by atoms with van der Waals surface area (Å²) in [5, 5.41) is 4.85. The second-order valence-corrected chi connectivity index (χ2v) is 6.32.